The molecule has 1 aliphatic rings. The van der Waals surface area contributed by atoms with Crippen LogP contribution in [-0.4, -0.2) is 39.0 Å². The summed E-state index contributed by atoms with van der Waals surface area (Å²) in [6.45, 7) is 3.84. The topological polar surface area (TPSA) is 72.1 Å². The summed E-state index contributed by atoms with van der Waals surface area (Å²) in [5.41, 5.74) is -0.394. The number of alkyl halides is 1. The molecular formula is C18H17FN4O2S. The van der Waals surface area contributed by atoms with Crippen LogP contribution < -0.4 is 0 Å². The van der Waals surface area contributed by atoms with Crippen molar-refractivity contribution in [3.63, 3.8) is 0 Å². The molecule has 0 bridgehead atoms. The maximum atomic E-state index is 15.4. The highest BCUT2D eigenvalue weighted by atomic mass is 32.1. The third-order valence-corrected chi connectivity index (χ3v) is 5.51. The Morgan fingerprint density at radius 1 is 1.27 bits per heavy atom. The Kier molecular flexibility index (Phi) is 4.07. The number of carbonyl (C=O) groups is 1. The van der Waals surface area contributed by atoms with E-state index < -0.39 is 5.67 Å². The van der Waals surface area contributed by atoms with E-state index in [1.165, 1.54) is 16.2 Å². The van der Waals surface area contributed by atoms with Crippen molar-refractivity contribution in [1.82, 2.24) is 20.0 Å². The molecule has 4 rings (SSSR count). The molecule has 0 radical (unpaired) electrons. The first-order valence-electron chi connectivity index (χ1n) is 8.28. The number of carbonyl (C=O) groups excluding carboxylic acids is 1. The number of rotatable bonds is 3. The van der Waals surface area contributed by atoms with Gasteiger partial charge in [-0.3, -0.25) is 4.79 Å². The van der Waals surface area contributed by atoms with E-state index in [0.717, 1.165) is 10.6 Å². The predicted octanol–water partition coefficient (Wildman–Crippen LogP) is 3.52. The van der Waals surface area contributed by atoms with E-state index in [-0.39, 0.29) is 24.8 Å². The Bertz CT molecular complexity index is 955. The largest absolute Gasteiger partial charge is 0.335 e. The van der Waals surface area contributed by atoms with E-state index in [9.17, 15) is 4.79 Å². The normalized spacial score (nSPS) is 19.9. The Morgan fingerprint density at radius 3 is 2.73 bits per heavy atom. The van der Waals surface area contributed by atoms with Gasteiger partial charge in [-0.05, 0) is 13.8 Å². The second kappa shape index (κ2) is 6.28. The van der Waals surface area contributed by atoms with E-state index in [0.29, 0.717) is 22.9 Å². The molecular weight excluding hydrogens is 355 g/mol. The Morgan fingerprint density at radius 2 is 2.04 bits per heavy atom. The summed E-state index contributed by atoms with van der Waals surface area (Å²) in [6.07, 6.45) is 0.131. The van der Waals surface area contributed by atoms with E-state index in [1.54, 1.807) is 6.92 Å². The fraction of sp³-hybridized carbons (Fsp3) is 0.333. The van der Waals surface area contributed by atoms with Crippen LogP contribution in [0.5, 0.6) is 0 Å². The molecule has 1 unspecified atom stereocenters. The summed E-state index contributed by atoms with van der Waals surface area (Å²) >= 11 is 1.33. The maximum absolute atomic E-state index is 15.4. The Hall–Kier alpha value is -2.61. The van der Waals surface area contributed by atoms with Crippen LogP contribution in [0, 0.1) is 13.8 Å². The number of amides is 1. The number of likely N-dealkylation sites (tertiary alicyclic amines) is 1. The summed E-state index contributed by atoms with van der Waals surface area (Å²) < 4.78 is 20.6. The molecule has 8 heteroatoms. The van der Waals surface area contributed by atoms with Gasteiger partial charge in [0.1, 0.15) is 4.88 Å². The van der Waals surface area contributed by atoms with Crippen molar-refractivity contribution in [3.05, 3.63) is 51.8 Å². The van der Waals surface area contributed by atoms with Crippen molar-refractivity contribution in [2.75, 3.05) is 13.1 Å². The standard InChI is InChI=1S/C18H17FN4O2S/c1-11-14(26-12(2)20-11)16(24)23-9-8-18(19,10-23)17-21-15(22-25-17)13-6-4-3-5-7-13/h3-7H,8-10H2,1-2H3. The molecule has 3 aromatic rings. The summed E-state index contributed by atoms with van der Waals surface area (Å²) in [5.74, 6) is 0.0654. The minimum atomic E-state index is -1.83. The minimum absolute atomic E-state index is 0.0798. The molecule has 3 heterocycles. The van der Waals surface area contributed by atoms with Gasteiger partial charge in [-0.15, -0.1) is 11.3 Å². The second-order valence-electron chi connectivity index (χ2n) is 6.38. The highest BCUT2D eigenvalue weighted by molar-refractivity contribution is 7.13. The number of aromatic nitrogens is 3. The van der Waals surface area contributed by atoms with Gasteiger partial charge in [-0.25, -0.2) is 9.37 Å². The molecule has 0 N–H and O–H groups in total. The highest BCUT2D eigenvalue weighted by Crippen LogP contribution is 2.37. The van der Waals surface area contributed by atoms with E-state index in [1.807, 2.05) is 37.3 Å². The number of hydrogen-bond acceptors (Lipinski definition) is 6. The lowest BCUT2D eigenvalue weighted by Gasteiger charge is -2.17. The summed E-state index contributed by atoms with van der Waals surface area (Å²) in [6, 6.07) is 9.25. The summed E-state index contributed by atoms with van der Waals surface area (Å²) in [4.78, 5) is 23.2. The molecule has 1 fully saturated rings. The van der Waals surface area contributed by atoms with Crippen LogP contribution in [0.1, 0.15) is 32.7 Å². The number of halogens is 1. The van der Waals surface area contributed by atoms with Gasteiger partial charge >= 0.3 is 0 Å². The molecule has 0 spiro atoms. The molecule has 1 amide bonds. The first-order valence-corrected chi connectivity index (χ1v) is 9.10. The van der Waals surface area contributed by atoms with Crippen LogP contribution in [0.25, 0.3) is 11.4 Å². The SMILES string of the molecule is Cc1nc(C)c(C(=O)N2CCC(F)(c3nc(-c4ccccc4)no3)C2)s1. The Balaban J connectivity index is 1.55. The maximum Gasteiger partial charge on any atom is 0.266 e. The zero-order valence-electron chi connectivity index (χ0n) is 14.4. The zero-order chi connectivity index (χ0) is 18.3. The number of aryl methyl sites for hydroxylation is 2. The van der Waals surface area contributed by atoms with Crippen molar-refractivity contribution in [2.24, 2.45) is 0 Å². The lowest BCUT2D eigenvalue weighted by atomic mass is 10.1. The molecule has 26 heavy (non-hydrogen) atoms. The molecule has 0 aliphatic carbocycles. The quantitative estimate of drug-likeness (QED) is 0.703. The molecule has 1 aromatic carbocycles. The number of hydrogen-bond donors (Lipinski definition) is 0. The number of nitrogens with zero attached hydrogens (tertiary/aromatic N) is 4. The number of thiazole rings is 1. The van der Waals surface area contributed by atoms with Gasteiger partial charge in [0.15, 0.2) is 0 Å². The average Bonchev–Trinajstić information content (AvgIpc) is 3.34. The third-order valence-electron chi connectivity index (χ3n) is 4.45. The van der Waals surface area contributed by atoms with Gasteiger partial charge in [0.05, 0.1) is 17.2 Å². The van der Waals surface area contributed by atoms with E-state index in [2.05, 4.69) is 15.1 Å². The van der Waals surface area contributed by atoms with E-state index in [4.69, 9.17) is 4.52 Å². The smallest absolute Gasteiger partial charge is 0.266 e. The summed E-state index contributed by atoms with van der Waals surface area (Å²) in [5, 5.41) is 4.70. The average molecular weight is 372 g/mol. The van der Waals surface area contributed by atoms with Crippen LogP contribution in [0.2, 0.25) is 0 Å². The van der Waals surface area contributed by atoms with Gasteiger partial charge < -0.3 is 9.42 Å². The van der Waals surface area contributed by atoms with Crippen LogP contribution in [0.4, 0.5) is 4.39 Å². The Labute approximate surface area is 153 Å². The fourth-order valence-electron chi connectivity index (χ4n) is 3.10. The van der Waals surface area contributed by atoms with Crippen molar-refractivity contribution in [3.8, 4) is 11.4 Å². The highest BCUT2D eigenvalue weighted by Gasteiger charge is 2.47. The molecule has 134 valence electrons. The van der Waals surface area contributed by atoms with Crippen molar-refractivity contribution in [1.29, 1.82) is 0 Å². The lowest BCUT2D eigenvalue weighted by Crippen LogP contribution is -2.32. The van der Waals surface area contributed by atoms with Gasteiger partial charge in [0.2, 0.25) is 11.5 Å². The van der Waals surface area contributed by atoms with Gasteiger partial charge in [-0.1, -0.05) is 35.5 Å². The van der Waals surface area contributed by atoms with Crippen molar-refractivity contribution in [2.45, 2.75) is 25.9 Å². The van der Waals surface area contributed by atoms with Crippen LogP contribution in [0.15, 0.2) is 34.9 Å². The van der Waals surface area contributed by atoms with Crippen LogP contribution in [-0.2, 0) is 5.67 Å². The first-order chi connectivity index (χ1) is 12.5. The molecule has 0 saturated carbocycles. The molecule has 6 nitrogen and oxygen atoms in total. The summed E-state index contributed by atoms with van der Waals surface area (Å²) in [7, 11) is 0. The third kappa shape index (κ3) is 2.90. The van der Waals surface area contributed by atoms with Crippen LogP contribution >= 0.6 is 11.3 Å². The second-order valence-corrected chi connectivity index (χ2v) is 7.58. The monoisotopic (exact) mass is 372 g/mol. The predicted molar refractivity (Wildman–Crippen MR) is 94.6 cm³/mol. The zero-order valence-corrected chi connectivity index (χ0v) is 15.2. The van der Waals surface area contributed by atoms with Crippen molar-refractivity contribution >= 4 is 17.2 Å². The lowest BCUT2D eigenvalue weighted by molar-refractivity contribution is 0.0720. The first kappa shape index (κ1) is 16.8. The van der Waals surface area contributed by atoms with Crippen molar-refractivity contribution < 1.29 is 13.7 Å². The van der Waals surface area contributed by atoms with Gasteiger partial charge in [0, 0.05) is 18.5 Å². The molecule has 1 atom stereocenters. The molecule has 1 aliphatic heterocycles. The van der Waals surface area contributed by atoms with Crippen LogP contribution in [0.3, 0.4) is 0 Å². The molecule has 1 saturated heterocycles. The minimum Gasteiger partial charge on any atom is -0.335 e. The number of benzene rings is 1. The van der Waals surface area contributed by atoms with E-state index >= 15 is 4.39 Å². The fourth-order valence-corrected chi connectivity index (χ4v) is 3.99. The van der Waals surface area contributed by atoms with Gasteiger partial charge in [0.25, 0.3) is 11.8 Å². The van der Waals surface area contributed by atoms with Gasteiger partial charge in [-0.2, -0.15) is 4.98 Å². The molecule has 2 aromatic heterocycles.